The maximum absolute atomic E-state index is 11.6. The minimum Gasteiger partial charge on any atom is -0.497 e. The number of carbonyl (C=O) groups excluding carboxylic acids is 1. The predicted octanol–water partition coefficient (Wildman–Crippen LogP) is 2.83. The third-order valence-electron chi connectivity index (χ3n) is 2.53. The second kappa shape index (κ2) is 7.42. The van der Waals surface area contributed by atoms with Crippen molar-refractivity contribution in [1.29, 1.82) is 0 Å². The molecule has 1 aromatic heterocycles. The highest BCUT2D eigenvalue weighted by atomic mass is 32.2. The first kappa shape index (κ1) is 15.8. The molecule has 0 unspecified atom stereocenters. The summed E-state index contributed by atoms with van der Waals surface area (Å²) in [6.07, 6.45) is 0. The average Bonchev–Trinajstić information content (AvgIpc) is 2.93. The summed E-state index contributed by atoms with van der Waals surface area (Å²) in [5, 5.41) is 2.85. The molecule has 0 aliphatic rings. The van der Waals surface area contributed by atoms with Gasteiger partial charge in [0.1, 0.15) is 5.75 Å². The van der Waals surface area contributed by atoms with E-state index in [2.05, 4.69) is 14.7 Å². The third kappa shape index (κ3) is 4.71. The monoisotopic (exact) mass is 323 g/mol. The average molecular weight is 323 g/mol. The van der Waals surface area contributed by atoms with Crippen LogP contribution in [-0.4, -0.2) is 34.2 Å². The molecule has 0 saturated carbocycles. The molecule has 0 bridgehead atoms. The molecule has 0 aliphatic heterocycles. The Labute approximate surface area is 132 Å². The largest absolute Gasteiger partial charge is 0.497 e. The van der Waals surface area contributed by atoms with Crippen molar-refractivity contribution in [1.82, 2.24) is 14.7 Å². The smallest absolute Gasteiger partial charge is 0.230 e. The van der Waals surface area contributed by atoms with Gasteiger partial charge in [0.05, 0.1) is 12.9 Å². The van der Waals surface area contributed by atoms with Crippen molar-refractivity contribution in [2.75, 3.05) is 12.9 Å². The normalized spacial score (nSPS) is 10.7. The van der Waals surface area contributed by atoms with Crippen molar-refractivity contribution < 1.29 is 9.53 Å². The summed E-state index contributed by atoms with van der Waals surface area (Å²) in [5.41, 5.74) is 0.936. The summed E-state index contributed by atoms with van der Waals surface area (Å²) in [7, 11) is 1.63. The number of hydrogen-bond donors (Lipinski definition) is 1. The van der Waals surface area contributed by atoms with Crippen molar-refractivity contribution in [2.45, 2.75) is 24.2 Å². The van der Waals surface area contributed by atoms with Crippen molar-refractivity contribution in [3.8, 4) is 17.1 Å². The number of ether oxygens (including phenoxy) is 1. The summed E-state index contributed by atoms with van der Waals surface area (Å²) in [4.78, 5) is 16.0. The number of carbonyl (C=O) groups is 1. The molecule has 5 nitrogen and oxygen atoms in total. The summed E-state index contributed by atoms with van der Waals surface area (Å²) in [5.74, 6) is 1.84. The van der Waals surface area contributed by atoms with Crippen LogP contribution in [0.4, 0.5) is 0 Å². The number of nitrogens with one attached hydrogen (secondary N) is 1. The van der Waals surface area contributed by atoms with Gasteiger partial charge in [-0.2, -0.15) is 4.37 Å². The molecule has 0 aliphatic carbocycles. The zero-order valence-electron chi connectivity index (χ0n) is 12.1. The lowest BCUT2D eigenvalue weighted by Gasteiger charge is -2.06. The summed E-state index contributed by atoms with van der Waals surface area (Å²) < 4.78 is 10.2. The molecule has 0 radical (unpaired) electrons. The second-order valence-corrected chi connectivity index (χ2v) is 6.60. The fraction of sp³-hybridized carbons (Fsp3) is 0.357. The first-order chi connectivity index (χ1) is 10.1. The molecule has 0 spiro atoms. The van der Waals surface area contributed by atoms with E-state index >= 15 is 0 Å². The van der Waals surface area contributed by atoms with E-state index in [0.29, 0.717) is 11.6 Å². The number of hydrogen-bond acceptors (Lipinski definition) is 6. The van der Waals surface area contributed by atoms with E-state index in [1.807, 2.05) is 38.1 Å². The fourth-order valence-electron chi connectivity index (χ4n) is 1.62. The molecule has 1 N–H and O–H groups in total. The number of methoxy groups -OCH3 is 1. The van der Waals surface area contributed by atoms with Gasteiger partial charge >= 0.3 is 0 Å². The lowest BCUT2D eigenvalue weighted by atomic mass is 10.2. The maximum atomic E-state index is 11.6. The van der Waals surface area contributed by atoms with E-state index < -0.39 is 0 Å². The molecule has 112 valence electrons. The number of amides is 1. The Morgan fingerprint density at radius 2 is 2.10 bits per heavy atom. The highest BCUT2D eigenvalue weighted by Gasteiger charge is 2.10. The molecule has 21 heavy (non-hydrogen) atoms. The molecular weight excluding hydrogens is 306 g/mol. The minimum atomic E-state index is 0.0104. The SMILES string of the molecule is COc1ccc(-c2nsc(SCC(=O)NC(C)C)n2)cc1. The first-order valence-corrected chi connectivity index (χ1v) is 8.24. The third-order valence-corrected chi connectivity index (χ3v) is 4.37. The van der Waals surface area contributed by atoms with Gasteiger partial charge in [-0.3, -0.25) is 4.79 Å². The molecular formula is C14H17N3O2S2. The fourth-order valence-corrected chi connectivity index (χ4v) is 3.04. The standard InChI is InChI=1S/C14H17N3O2S2/c1-9(2)15-12(18)8-20-14-16-13(17-21-14)10-4-6-11(19-3)7-5-10/h4-7,9H,8H2,1-3H3,(H,15,18). The number of benzene rings is 1. The molecule has 0 atom stereocenters. The summed E-state index contributed by atoms with van der Waals surface area (Å²) >= 11 is 2.71. The topological polar surface area (TPSA) is 64.1 Å². The molecule has 0 saturated heterocycles. The zero-order chi connectivity index (χ0) is 15.2. The van der Waals surface area contributed by atoms with Crippen LogP contribution in [0.15, 0.2) is 28.6 Å². The lowest BCUT2D eigenvalue weighted by Crippen LogP contribution is -2.31. The van der Waals surface area contributed by atoms with Gasteiger partial charge in [0.25, 0.3) is 0 Å². The van der Waals surface area contributed by atoms with Crippen LogP contribution >= 0.6 is 23.3 Å². The highest BCUT2D eigenvalue weighted by molar-refractivity contribution is 8.01. The quantitative estimate of drug-likeness (QED) is 0.828. The second-order valence-electron chi connectivity index (χ2n) is 4.62. The molecule has 7 heteroatoms. The van der Waals surface area contributed by atoms with E-state index in [9.17, 15) is 4.79 Å². The number of thioether (sulfide) groups is 1. The minimum absolute atomic E-state index is 0.0104. The van der Waals surface area contributed by atoms with E-state index in [0.717, 1.165) is 15.7 Å². The van der Waals surface area contributed by atoms with Crippen LogP contribution in [0.2, 0.25) is 0 Å². The predicted molar refractivity (Wildman–Crippen MR) is 85.9 cm³/mol. The Hall–Kier alpha value is -1.60. The van der Waals surface area contributed by atoms with E-state index in [4.69, 9.17) is 4.74 Å². The highest BCUT2D eigenvalue weighted by Crippen LogP contribution is 2.26. The van der Waals surface area contributed by atoms with Crippen molar-refractivity contribution in [3.63, 3.8) is 0 Å². The maximum Gasteiger partial charge on any atom is 0.230 e. The Balaban J connectivity index is 1.96. The Morgan fingerprint density at radius 3 is 2.71 bits per heavy atom. The molecule has 1 aromatic carbocycles. The summed E-state index contributed by atoms with van der Waals surface area (Å²) in [6, 6.07) is 7.74. The van der Waals surface area contributed by atoms with Gasteiger partial charge in [-0.05, 0) is 49.6 Å². The Kier molecular flexibility index (Phi) is 5.58. The molecule has 2 rings (SSSR count). The van der Waals surface area contributed by atoms with Crippen molar-refractivity contribution in [2.24, 2.45) is 0 Å². The molecule has 0 fully saturated rings. The van der Waals surface area contributed by atoms with Crippen LogP contribution in [-0.2, 0) is 4.79 Å². The van der Waals surface area contributed by atoms with Crippen LogP contribution < -0.4 is 10.1 Å². The van der Waals surface area contributed by atoms with Gasteiger partial charge < -0.3 is 10.1 Å². The van der Waals surface area contributed by atoms with Gasteiger partial charge in [-0.15, -0.1) is 0 Å². The summed E-state index contributed by atoms with van der Waals surface area (Å²) in [6.45, 7) is 3.88. The van der Waals surface area contributed by atoms with Crippen LogP contribution in [0.5, 0.6) is 5.75 Å². The van der Waals surface area contributed by atoms with E-state index in [1.54, 1.807) is 7.11 Å². The number of rotatable bonds is 6. The number of aromatic nitrogens is 2. The first-order valence-electron chi connectivity index (χ1n) is 6.49. The van der Waals surface area contributed by atoms with Gasteiger partial charge in [0.2, 0.25) is 5.91 Å². The van der Waals surface area contributed by atoms with Gasteiger partial charge in [0.15, 0.2) is 10.2 Å². The zero-order valence-corrected chi connectivity index (χ0v) is 13.8. The molecule has 1 heterocycles. The Morgan fingerprint density at radius 1 is 1.38 bits per heavy atom. The van der Waals surface area contributed by atoms with Gasteiger partial charge in [-0.1, -0.05) is 11.8 Å². The lowest BCUT2D eigenvalue weighted by molar-refractivity contribution is -0.119. The van der Waals surface area contributed by atoms with Crippen molar-refractivity contribution in [3.05, 3.63) is 24.3 Å². The van der Waals surface area contributed by atoms with E-state index in [1.165, 1.54) is 23.3 Å². The van der Waals surface area contributed by atoms with Crippen molar-refractivity contribution >= 4 is 29.2 Å². The molecule has 2 aromatic rings. The van der Waals surface area contributed by atoms with E-state index in [-0.39, 0.29) is 11.9 Å². The number of nitrogens with zero attached hydrogens (tertiary/aromatic N) is 2. The Bertz CT molecular complexity index is 597. The van der Waals surface area contributed by atoms with Gasteiger partial charge in [0, 0.05) is 11.6 Å². The van der Waals surface area contributed by atoms with Crippen LogP contribution in [0, 0.1) is 0 Å². The van der Waals surface area contributed by atoms with Crippen LogP contribution in [0.3, 0.4) is 0 Å². The van der Waals surface area contributed by atoms with Crippen LogP contribution in [0.25, 0.3) is 11.4 Å². The van der Waals surface area contributed by atoms with Gasteiger partial charge in [-0.25, -0.2) is 4.98 Å². The van der Waals surface area contributed by atoms with Crippen LogP contribution in [0.1, 0.15) is 13.8 Å². The molecule has 1 amide bonds.